The Kier molecular flexibility index (Phi) is 5.27. The third-order valence-corrected chi connectivity index (χ3v) is 3.73. The lowest BCUT2D eigenvalue weighted by Gasteiger charge is -2.24. The van der Waals surface area contributed by atoms with Crippen LogP contribution in [0.3, 0.4) is 0 Å². The summed E-state index contributed by atoms with van der Waals surface area (Å²) < 4.78 is 0. The van der Waals surface area contributed by atoms with Gasteiger partial charge < -0.3 is 10.2 Å². The molecule has 112 valence electrons. The molecule has 3 heteroatoms. The molecule has 0 saturated heterocycles. The Morgan fingerprint density at radius 1 is 1.14 bits per heavy atom. The second kappa shape index (κ2) is 6.97. The van der Waals surface area contributed by atoms with Gasteiger partial charge in [0.1, 0.15) is 0 Å². The fourth-order valence-electron chi connectivity index (χ4n) is 2.29. The highest BCUT2D eigenvalue weighted by molar-refractivity contribution is 6.30. The average molecular weight is 303 g/mol. The lowest BCUT2D eigenvalue weighted by molar-refractivity contribution is 0.589. The van der Waals surface area contributed by atoms with E-state index < -0.39 is 0 Å². The Morgan fingerprint density at radius 2 is 1.90 bits per heavy atom. The van der Waals surface area contributed by atoms with Crippen molar-refractivity contribution in [2.75, 3.05) is 11.9 Å². The molecule has 2 aromatic rings. The minimum absolute atomic E-state index is 0.456. The smallest absolute Gasteiger partial charge is 0.0468 e. The van der Waals surface area contributed by atoms with Crippen LogP contribution in [0.15, 0.2) is 42.5 Å². The van der Waals surface area contributed by atoms with Crippen LogP contribution in [0.25, 0.3) is 0 Å². The molecular formula is C18H23ClN2. The number of nitrogens with zero attached hydrogens (tertiary/aromatic N) is 1. The normalized spacial score (nSPS) is 11.0. The molecule has 0 unspecified atom stereocenters. The van der Waals surface area contributed by atoms with Gasteiger partial charge in [0.2, 0.25) is 0 Å². The van der Waals surface area contributed by atoms with Crippen LogP contribution in [0.1, 0.15) is 25.0 Å². The van der Waals surface area contributed by atoms with Crippen LogP contribution in [0.2, 0.25) is 5.02 Å². The third kappa shape index (κ3) is 4.23. The van der Waals surface area contributed by atoms with E-state index in [4.69, 9.17) is 11.6 Å². The number of nitrogens with one attached hydrogen (secondary N) is 1. The van der Waals surface area contributed by atoms with Gasteiger partial charge in [-0.1, -0.05) is 43.6 Å². The Morgan fingerprint density at radius 3 is 2.57 bits per heavy atom. The van der Waals surface area contributed by atoms with Gasteiger partial charge in [-0.2, -0.15) is 0 Å². The summed E-state index contributed by atoms with van der Waals surface area (Å²) in [5, 5.41) is 4.23. The van der Waals surface area contributed by atoms with Crippen LogP contribution in [-0.2, 0) is 6.54 Å². The molecule has 2 aromatic carbocycles. The molecule has 1 N–H and O–H groups in total. The van der Waals surface area contributed by atoms with Crippen molar-refractivity contribution in [2.45, 2.75) is 33.4 Å². The number of rotatable bonds is 5. The van der Waals surface area contributed by atoms with E-state index in [1.54, 1.807) is 0 Å². The minimum Gasteiger partial charge on any atom is -0.344 e. The largest absolute Gasteiger partial charge is 0.344 e. The Balaban J connectivity index is 2.34. The van der Waals surface area contributed by atoms with Crippen molar-refractivity contribution in [3.8, 4) is 0 Å². The molecule has 0 atom stereocenters. The molecule has 0 aromatic heterocycles. The van der Waals surface area contributed by atoms with Crippen molar-refractivity contribution in [1.82, 2.24) is 5.32 Å². The number of halogens is 1. The van der Waals surface area contributed by atoms with Crippen molar-refractivity contribution < 1.29 is 0 Å². The average Bonchev–Trinajstić information content (AvgIpc) is 2.45. The molecule has 2 rings (SSSR count). The van der Waals surface area contributed by atoms with E-state index in [1.165, 1.54) is 16.8 Å². The van der Waals surface area contributed by atoms with Gasteiger partial charge >= 0.3 is 0 Å². The van der Waals surface area contributed by atoms with E-state index in [0.29, 0.717) is 6.04 Å². The predicted octanol–water partition coefficient (Wildman–Crippen LogP) is 4.91. The van der Waals surface area contributed by atoms with Gasteiger partial charge in [-0.3, -0.25) is 0 Å². The molecule has 21 heavy (non-hydrogen) atoms. The Bertz CT molecular complexity index is 608. The van der Waals surface area contributed by atoms with Crippen LogP contribution >= 0.6 is 11.6 Å². The zero-order valence-corrected chi connectivity index (χ0v) is 13.9. The summed E-state index contributed by atoms with van der Waals surface area (Å²) in [7, 11) is 2.08. The van der Waals surface area contributed by atoms with Gasteiger partial charge in [-0.25, -0.2) is 0 Å². The number of benzene rings is 2. The van der Waals surface area contributed by atoms with E-state index in [2.05, 4.69) is 68.4 Å². The van der Waals surface area contributed by atoms with Crippen LogP contribution in [-0.4, -0.2) is 13.1 Å². The molecule has 0 fully saturated rings. The first-order valence-electron chi connectivity index (χ1n) is 7.29. The summed E-state index contributed by atoms with van der Waals surface area (Å²) in [6.45, 7) is 7.25. The second-order valence-corrected chi connectivity index (χ2v) is 6.14. The summed E-state index contributed by atoms with van der Waals surface area (Å²) in [5.74, 6) is 0. The van der Waals surface area contributed by atoms with E-state index in [9.17, 15) is 0 Å². The first-order chi connectivity index (χ1) is 9.97. The maximum atomic E-state index is 6.20. The topological polar surface area (TPSA) is 15.3 Å². The second-order valence-electron chi connectivity index (χ2n) is 5.71. The zero-order chi connectivity index (χ0) is 15.4. The van der Waals surface area contributed by atoms with Crippen molar-refractivity contribution in [1.29, 1.82) is 0 Å². The highest BCUT2D eigenvalue weighted by Crippen LogP contribution is 2.30. The SMILES string of the molecule is Cc1cccc(N(C)c2cc(Cl)ccc2CNC(C)C)c1. The quantitative estimate of drug-likeness (QED) is 0.844. The van der Waals surface area contributed by atoms with E-state index >= 15 is 0 Å². The number of hydrogen-bond acceptors (Lipinski definition) is 2. The molecule has 0 aliphatic carbocycles. The van der Waals surface area contributed by atoms with Gasteiger partial charge in [0, 0.05) is 36.0 Å². The van der Waals surface area contributed by atoms with Gasteiger partial charge in [-0.15, -0.1) is 0 Å². The van der Waals surface area contributed by atoms with Gasteiger partial charge in [-0.05, 0) is 42.3 Å². The summed E-state index contributed by atoms with van der Waals surface area (Å²) in [6.07, 6.45) is 0. The van der Waals surface area contributed by atoms with Crippen LogP contribution in [0.5, 0.6) is 0 Å². The molecule has 0 aliphatic rings. The van der Waals surface area contributed by atoms with Crippen molar-refractivity contribution >= 4 is 23.0 Å². The Hall–Kier alpha value is -1.51. The molecule has 0 saturated carbocycles. The first kappa shape index (κ1) is 15.9. The van der Waals surface area contributed by atoms with Crippen LogP contribution in [0.4, 0.5) is 11.4 Å². The summed E-state index contributed by atoms with van der Waals surface area (Å²) in [6, 6.07) is 15.0. The molecule has 0 spiro atoms. The monoisotopic (exact) mass is 302 g/mol. The predicted molar refractivity (Wildman–Crippen MR) is 92.7 cm³/mol. The lowest BCUT2D eigenvalue weighted by Crippen LogP contribution is -2.23. The molecule has 2 nitrogen and oxygen atoms in total. The zero-order valence-electron chi connectivity index (χ0n) is 13.2. The maximum absolute atomic E-state index is 6.20. The summed E-state index contributed by atoms with van der Waals surface area (Å²) >= 11 is 6.20. The van der Waals surface area contributed by atoms with E-state index in [-0.39, 0.29) is 0 Å². The van der Waals surface area contributed by atoms with Crippen molar-refractivity contribution in [3.05, 3.63) is 58.6 Å². The van der Waals surface area contributed by atoms with E-state index in [0.717, 1.165) is 17.3 Å². The van der Waals surface area contributed by atoms with Crippen molar-refractivity contribution in [3.63, 3.8) is 0 Å². The standard InChI is InChI=1S/C18H23ClN2/c1-13(2)20-12-15-8-9-16(19)11-18(15)21(4)17-7-5-6-14(3)10-17/h5-11,13,20H,12H2,1-4H3. The van der Waals surface area contributed by atoms with Crippen molar-refractivity contribution in [2.24, 2.45) is 0 Å². The number of hydrogen-bond donors (Lipinski definition) is 1. The highest BCUT2D eigenvalue weighted by Gasteiger charge is 2.10. The maximum Gasteiger partial charge on any atom is 0.0468 e. The highest BCUT2D eigenvalue weighted by atomic mass is 35.5. The van der Waals surface area contributed by atoms with Crippen LogP contribution < -0.4 is 10.2 Å². The molecule has 0 amide bonds. The van der Waals surface area contributed by atoms with Gasteiger partial charge in [0.25, 0.3) is 0 Å². The van der Waals surface area contributed by atoms with E-state index in [1.807, 2.05) is 12.1 Å². The lowest BCUT2D eigenvalue weighted by atomic mass is 10.1. The summed E-state index contributed by atoms with van der Waals surface area (Å²) in [5.41, 5.74) is 4.81. The van der Waals surface area contributed by atoms with Crippen LogP contribution in [0, 0.1) is 6.92 Å². The Labute approximate surface area is 132 Å². The fourth-order valence-corrected chi connectivity index (χ4v) is 2.45. The van der Waals surface area contributed by atoms with Gasteiger partial charge in [0.15, 0.2) is 0 Å². The molecular weight excluding hydrogens is 280 g/mol. The first-order valence-corrected chi connectivity index (χ1v) is 7.67. The number of aryl methyl sites for hydroxylation is 1. The molecule has 0 radical (unpaired) electrons. The minimum atomic E-state index is 0.456. The van der Waals surface area contributed by atoms with Gasteiger partial charge in [0.05, 0.1) is 0 Å². The molecule has 0 bridgehead atoms. The fraction of sp³-hybridized carbons (Fsp3) is 0.333. The molecule has 0 heterocycles. The number of anilines is 2. The molecule has 0 aliphatic heterocycles. The third-order valence-electron chi connectivity index (χ3n) is 3.50. The summed E-state index contributed by atoms with van der Waals surface area (Å²) in [4.78, 5) is 2.19.